The minimum absolute atomic E-state index is 0.0423. The Bertz CT molecular complexity index is 1230. The largest absolute Gasteiger partial charge is 0.490 e. The van der Waals surface area contributed by atoms with Crippen LogP contribution < -0.4 is 9.64 Å². The molecule has 210 valence electrons. The third kappa shape index (κ3) is 5.25. The second kappa shape index (κ2) is 11.0. The monoisotopic (exact) mass is 552 g/mol. The van der Waals surface area contributed by atoms with E-state index in [-0.39, 0.29) is 48.4 Å². The predicted octanol–water partition coefficient (Wildman–Crippen LogP) is 4.32. The molecule has 1 saturated heterocycles. The van der Waals surface area contributed by atoms with Gasteiger partial charge in [-0.2, -0.15) is 0 Å². The topological polar surface area (TPSA) is 99.5 Å². The molecule has 0 saturated carbocycles. The van der Waals surface area contributed by atoms with E-state index in [1.165, 1.54) is 0 Å². The van der Waals surface area contributed by atoms with Crippen LogP contribution in [0.1, 0.15) is 49.8 Å². The van der Waals surface area contributed by atoms with Gasteiger partial charge in [-0.3, -0.25) is 14.5 Å². The first-order valence-electron chi connectivity index (χ1n) is 14.0. The van der Waals surface area contributed by atoms with Crippen molar-refractivity contribution < 1.29 is 29.0 Å². The molecule has 2 N–H and O–H groups in total. The Morgan fingerprint density at radius 3 is 2.69 bits per heavy atom. The number of methoxy groups -OCH3 is 1. The number of benzene rings is 2. The van der Waals surface area contributed by atoms with E-state index in [1.54, 1.807) is 16.9 Å². The molecule has 0 aliphatic carbocycles. The molecule has 1 fully saturated rings. The number of nitrogens with zero attached hydrogens (tertiary/aromatic N) is 2. The van der Waals surface area contributed by atoms with Crippen molar-refractivity contribution in [1.29, 1.82) is 0 Å². The van der Waals surface area contributed by atoms with Gasteiger partial charge in [-0.25, -0.2) is 0 Å². The molecule has 3 aliphatic rings. The number of likely N-dealkylation sites (tertiary alicyclic amines) is 1. The van der Waals surface area contributed by atoms with Gasteiger partial charge < -0.3 is 24.3 Å². The number of aliphatic hydroxyl groups excluding tert-OH is 1. The Hall–Kier alpha value is -2.72. The Morgan fingerprint density at radius 2 is 1.97 bits per heavy atom. The van der Waals surface area contributed by atoms with Gasteiger partial charge in [0.1, 0.15) is 11.9 Å². The molecule has 8 nitrogen and oxygen atoms in total. The molecule has 2 aromatic carbocycles. The van der Waals surface area contributed by atoms with E-state index in [1.807, 2.05) is 56.4 Å². The number of amides is 2. The van der Waals surface area contributed by atoms with Crippen molar-refractivity contribution in [3.05, 3.63) is 53.6 Å². The molecule has 1 unspecified atom stereocenters. The maximum absolute atomic E-state index is 13.4. The predicted molar refractivity (Wildman–Crippen MR) is 152 cm³/mol. The summed E-state index contributed by atoms with van der Waals surface area (Å²) in [5.41, 5.74) is 3.32. The average Bonchev–Trinajstić information content (AvgIpc) is 3.40. The zero-order valence-corrected chi connectivity index (χ0v) is 24.3. The summed E-state index contributed by atoms with van der Waals surface area (Å²) in [6.07, 6.45) is 2.28. The highest BCUT2D eigenvalue weighted by Crippen LogP contribution is 2.48. The summed E-state index contributed by atoms with van der Waals surface area (Å²) in [7, 11) is -1.19. The van der Waals surface area contributed by atoms with Crippen LogP contribution in [0.5, 0.6) is 5.75 Å². The molecule has 2 amide bonds. The summed E-state index contributed by atoms with van der Waals surface area (Å²) < 4.78 is 12.6. The molecule has 3 heterocycles. The highest BCUT2D eigenvalue weighted by atomic mass is 28.4. The van der Waals surface area contributed by atoms with E-state index in [4.69, 9.17) is 9.47 Å². The third-order valence-corrected chi connectivity index (χ3v) is 11.1. The molecule has 0 spiro atoms. The number of ether oxygens (including phenoxy) is 2. The normalized spacial score (nSPS) is 25.6. The van der Waals surface area contributed by atoms with Crippen molar-refractivity contribution in [2.24, 2.45) is 5.92 Å². The number of rotatable bonds is 7. The number of carbonyl (C=O) groups is 2. The first-order valence-corrected chi connectivity index (χ1v) is 17.0. The Kier molecular flexibility index (Phi) is 7.88. The fraction of sp³-hybridized carbons (Fsp3) is 0.533. The van der Waals surface area contributed by atoms with Crippen LogP contribution in [0.2, 0.25) is 18.6 Å². The molecule has 9 heteroatoms. The summed E-state index contributed by atoms with van der Waals surface area (Å²) in [6, 6.07) is 13.6. The van der Waals surface area contributed by atoms with Crippen molar-refractivity contribution in [3.8, 4) is 5.75 Å². The van der Waals surface area contributed by atoms with Gasteiger partial charge in [0.15, 0.2) is 8.32 Å². The second-order valence-electron chi connectivity index (χ2n) is 11.7. The van der Waals surface area contributed by atoms with E-state index in [0.717, 1.165) is 41.8 Å². The fourth-order valence-corrected chi connectivity index (χ4v) is 8.49. The van der Waals surface area contributed by atoms with Gasteiger partial charge >= 0.3 is 0 Å². The smallest absolute Gasteiger partial charge is 0.231 e. The Labute approximate surface area is 231 Å². The molecule has 3 aliphatic heterocycles. The number of para-hydroxylation sites is 1. The number of carbonyl (C=O) groups excluding carboxylic acids is 2. The van der Waals surface area contributed by atoms with Crippen molar-refractivity contribution in [2.75, 3.05) is 25.2 Å². The maximum atomic E-state index is 13.4. The molecule has 39 heavy (non-hydrogen) atoms. The van der Waals surface area contributed by atoms with Gasteiger partial charge in [0.25, 0.3) is 0 Å². The van der Waals surface area contributed by atoms with E-state index < -0.39 is 14.4 Å². The molecule has 0 radical (unpaired) electrons. The number of hydrogen-bond acceptors (Lipinski definition) is 6. The first kappa shape index (κ1) is 27.8. The van der Waals surface area contributed by atoms with Gasteiger partial charge in [0, 0.05) is 49.2 Å². The third-order valence-electron chi connectivity index (χ3n) is 8.77. The van der Waals surface area contributed by atoms with Crippen LogP contribution in [0.25, 0.3) is 0 Å². The van der Waals surface area contributed by atoms with Crippen LogP contribution in [0.4, 0.5) is 11.4 Å². The zero-order valence-electron chi connectivity index (χ0n) is 23.3. The number of aryl methyl sites for hydroxylation is 1. The minimum Gasteiger partial charge on any atom is -0.490 e. The molecule has 2 aromatic rings. The van der Waals surface area contributed by atoms with Crippen LogP contribution in [0.3, 0.4) is 0 Å². The number of hydrogen-bond donors (Lipinski definition) is 2. The van der Waals surface area contributed by atoms with Crippen LogP contribution >= 0.6 is 0 Å². The minimum atomic E-state index is -2.86. The second-order valence-corrected chi connectivity index (χ2v) is 15.8. The van der Waals surface area contributed by atoms with Gasteiger partial charge in [0.05, 0.1) is 24.4 Å². The number of aliphatic hydroxyl groups is 1. The maximum Gasteiger partial charge on any atom is 0.231 e. The summed E-state index contributed by atoms with van der Waals surface area (Å²) in [6.45, 7) is 6.34. The number of anilines is 2. The lowest BCUT2D eigenvalue weighted by Gasteiger charge is -2.44. The van der Waals surface area contributed by atoms with Gasteiger partial charge in [-0.1, -0.05) is 25.1 Å². The van der Waals surface area contributed by atoms with Crippen molar-refractivity contribution >= 4 is 31.5 Å². The van der Waals surface area contributed by atoms with E-state index in [0.29, 0.717) is 18.7 Å². The molecule has 0 aromatic heterocycles. The fourth-order valence-electron chi connectivity index (χ4n) is 6.64. The quantitative estimate of drug-likeness (QED) is 0.497. The first-order chi connectivity index (χ1) is 18.6. The van der Waals surface area contributed by atoms with E-state index >= 15 is 0 Å². The van der Waals surface area contributed by atoms with Crippen molar-refractivity contribution in [2.45, 2.75) is 75.9 Å². The van der Waals surface area contributed by atoms with Crippen LogP contribution in [0, 0.1) is 5.92 Å². The summed E-state index contributed by atoms with van der Waals surface area (Å²) in [4.78, 5) is 41.3. The van der Waals surface area contributed by atoms with E-state index in [9.17, 15) is 19.5 Å². The van der Waals surface area contributed by atoms with Crippen LogP contribution in [-0.2, 0) is 20.7 Å². The molecular formula is C30H40N2O6Si. The van der Waals surface area contributed by atoms with Crippen molar-refractivity contribution in [1.82, 2.24) is 4.90 Å². The SMILES string of the molecule is CO[C@H]1c2cc(N3C(=O)CCc4ccccc43)ccc2O[C@@H](C(CC(=O)N2CCC[C@H]2CO)[Si](C)(C)O)[C@@H]1C. The zero-order chi connectivity index (χ0) is 27.9. The van der Waals surface area contributed by atoms with E-state index in [2.05, 4.69) is 6.07 Å². The Morgan fingerprint density at radius 1 is 1.21 bits per heavy atom. The molecular weight excluding hydrogens is 512 g/mol. The van der Waals surface area contributed by atoms with Gasteiger partial charge in [0.2, 0.25) is 11.8 Å². The molecule has 5 rings (SSSR count). The summed E-state index contributed by atoms with van der Waals surface area (Å²) in [5, 5.41) is 9.73. The van der Waals surface area contributed by atoms with Gasteiger partial charge in [-0.05, 0) is 62.2 Å². The Balaban J connectivity index is 1.46. The van der Waals surface area contributed by atoms with Gasteiger partial charge in [-0.15, -0.1) is 0 Å². The van der Waals surface area contributed by atoms with Crippen LogP contribution in [-0.4, -0.2) is 67.3 Å². The lowest BCUT2D eigenvalue weighted by atomic mass is 9.86. The van der Waals surface area contributed by atoms with Crippen molar-refractivity contribution in [3.63, 3.8) is 0 Å². The highest BCUT2D eigenvalue weighted by molar-refractivity contribution is 6.71. The molecule has 5 atom stereocenters. The molecule has 0 bridgehead atoms. The van der Waals surface area contributed by atoms with Crippen LogP contribution in [0.15, 0.2) is 42.5 Å². The summed E-state index contributed by atoms with van der Waals surface area (Å²) in [5.74, 6) is 0.516. The lowest BCUT2D eigenvalue weighted by Crippen LogP contribution is -2.50. The highest BCUT2D eigenvalue weighted by Gasteiger charge is 2.48. The lowest BCUT2D eigenvalue weighted by molar-refractivity contribution is -0.133. The average molecular weight is 553 g/mol. The standard InChI is InChI=1S/C30H40N2O6Si/c1-19-29(37-2)23-16-21(32-24-10-6-5-8-20(24)11-14-27(32)34)12-13-25(23)38-30(19)26(39(3,4)36)17-28(35)31-15-7-9-22(31)18-33/h5-6,8,10,12-13,16,19,22,26,29-30,33,36H,7,9,11,14-15,17-18H2,1-4H3/t19-,22+,26?,29-,30-/m1/s1. The summed E-state index contributed by atoms with van der Waals surface area (Å²) >= 11 is 0. The number of fused-ring (bicyclic) bond motifs is 2.